The van der Waals surface area contributed by atoms with Crippen LogP contribution in [-0.2, 0) is 11.3 Å². The van der Waals surface area contributed by atoms with Crippen molar-refractivity contribution in [2.75, 3.05) is 26.2 Å². The Balaban J connectivity index is 1.29. The second-order valence-electron chi connectivity index (χ2n) is 8.05. The number of carbonyl (C=O) groups excluding carboxylic acids is 1. The van der Waals surface area contributed by atoms with E-state index in [0.29, 0.717) is 18.9 Å². The van der Waals surface area contributed by atoms with Gasteiger partial charge in [-0.05, 0) is 56.0 Å². The fourth-order valence-corrected chi connectivity index (χ4v) is 4.34. The highest BCUT2D eigenvalue weighted by molar-refractivity contribution is 5.79. The minimum absolute atomic E-state index is 0.174. The molecule has 2 aromatic rings. The summed E-state index contributed by atoms with van der Waals surface area (Å²) >= 11 is 0. The highest BCUT2D eigenvalue weighted by atomic mass is 16.3. The van der Waals surface area contributed by atoms with E-state index in [-0.39, 0.29) is 5.41 Å². The zero-order valence-corrected chi connectivity index (χ0v) is 16.1. The van der Waals surface area contributed by atoms with Gasteiger partial charge in [0.2, 0.25) is 5.91 Å². The molecular formula is C23H28N2O2. The third-order valence-electron chi connectivity index (χ3n) is 5.93. The molecule has 1 amide bonds. The van der Waals surface area contributed by atoms with Crippen molar-refractivity contribution in [3.05, 3.63) is 65.6 Å². The maximum absolute atomic E-state index is 12.5. The number of rotatable bonds is 5. The van der Waals surface area contributed by atoms with Gasteiger partial charge in [-0.1, -0.05) is 42.5 Å². The number of furan rings is 1. The Kier molecular flexibility index (Phi) is 5.17. The zero-order chi connectivity index (χ0) is 18.7. The Hall–Kier alpha value is -2.33. The average Bonchev–Trinajstić information content (AvgIpc) is 3.21. The lowest BCUT2D eigenvalue weighted by Gasteiger charge is -2.38. The van der Waals surface area contributed by atoms with E-state index in [4.69, 9.17) is 4.42 Å². The van der Waals surface area contributed by atoms with Gasteiger partial charge in [0.1, 0.15) is 11.5 Å². The molecule has 4 nitrogen and oxygen atoms in total. The van der Waals surface area contributed by atoms with E-state index in [1.807, 2.05) is 36.1 Å². The largest absolute Gasteiger partial charge is 0.465 e. The first kappa shape index (κ1) is 18.1. The molecule has 1 aromatic carbocycles. The van der Waals surface area contributed by atoms with Gasteiger partial charge in [0, 0.05) is 19.5 Å². The summed E-state index contributed by atoms with van der Waals surface area (Å²) in [6.45, 7) is 6.56. The van der Waals surface area contributed by atoms with Crippen LogP contribution in [0.5, 0.6) is 0 Å². The van der Waals surface area contributed by atoms with Crippen LogP contribution < -0.4 is 0 Å². The number of benzene rings is 1. The number of carbonyl (C=O) groups is 1. The number of piperidine rings is 1. The molecule has 0 atom stereocenters. The van der Waals surface area contributed by atoms with Crippen molar-refractivity contribution in [3.63, 3.8) is 0 Å². The third-order valence-corrected chi connectivity index (χ3v) is 5.93. The Morgan fingerprint density at radius 3 is 2.59 bits per heavy atom. The Morgan fingerprint density at radius 1 is 1.11 bits per heavy atom. The van der Waals surface area contributed by atoms with Gasteiger partial charge in [-0.15, -0.1) is 0 Å². The normalized spacial score (nSPS) is 20.2. The molecule has 2 fully saturated rings. The van der Waals surface area contributed by atoms with Crippen LogP contribution in [0.2, 0.25) is 0 Å². The predicted octanol–water partition coefficient (Wildman–Crippen LogP) is 4.12. The van der Waals surface area contributed by atoms with Crippen LogP contribution in [0.15, 0.2) is 53.0 Å². The standard InChI is InChI=1S/C23H28N2O2/c1-19-9-10-21(27-19)17-24-14-11-23(12-15-24)16-22(26)25(18-23)13-5-8-20-6-3-2-4-7-20/h2-10H,11-18H2,1H3. The van der Waals surface area contributed by atoms with Gasteiger partial charge in [-0.25, -0.2) is 0 Å². The molecule has 0 bridgehead atoms. The van der Waals surface area contributed by atoms with Crippen LogP contribution in [0.3, 0.4) is 0 Å². The van der Waals surface area contributed by atoms with Gasteiger partial charge in [0.15, 0.2) is 0 Å². The molecule has 2 saturated heterocycles. The van der Waals surface area contributed by atoms with Crippen molar-refractivity contribution in [2.24, 2.45) is 5.41 Å². The number of hydrogen-bond acceptors (Lipinski definition) is 3. The summed E-state index contributed by atoms with van der Waals surface area (Å²) in [5.41, 5.74) is 1.35. The van der Waals surface area contributed by atoms with E-state index >= 15 is 0 Å². The van der Waals surface area contributed by atoms with Crippen molar-refractivity contribution in [2.45, 2.75) is 32.7 Å². The minimum Gasteiger partial charge on any atom is -0.465 e. The second kappa shape index (κ2) is 7.73. The molecule has 1 spiro atoms. The quantitative estimate of drug-likeness (QED) is 0.801. The molecule has 0 saturated carbocycles. The lowest BCUT2D eigenvalue weighted by atomic mass is 9.77. The molecule has 0 unspecified atom stereocenters. The van der Waals surface area contributed by atoms with E-state index < -0.39 is 0 Å². The maximum Gasteiger partial charge on any atom is 0.223 e. The number of nitrogens with zero attached hydrogens (tertiary/aromatic N) is 2. The molecule has 3 heterocycles. The van der Waals surface area contributed by atoms with Gasteiger partial charge >= 0.3 is 0 Å². The Bertz CT molecular complexity index is 801. The molecular weight excluding hydrogens is 336 g/mol. The fourth-order valence-electron chi connectivity index (χ4n) is 4.34. The summed E-state index contributed by atoms with van der Waals surface area (Å²) in [6, 6.07) is 14.3. The van der Waals surface area contributed by atoms with Crippen LogP contribution >= 0.6 is 0 Å². The lowest BCUT2D eigenvalue weighted by Crippen LogP contribution is -2.41. The summed E-state index contributed by atoms with van der Waals surface area (Å²) < 4.78 is 5.71. The monoisotopic (exact) mass is 364 g/mol. The maximum atomic E-state index is 12.5. The summed E-state index contributed by atoms with van der Waals surface area (Å²) in [6.07, 6.45) is 7.11. The van der Waals surface area contributed by atoms with Crippen LogP contribution in [0.25, 0.3) is 6.08 Å². The van der Waals surface area contributed by atoms with Crippen molar-refractivity contribution >= 4 is 12.0 Å². The molecule has 27 heavy (non-hydrogen) atoms. The molecule has 142 valence electrons. The first-order chi connectivity index (χ1) is 13.1. The van der Waals surface area contributed by atoms with Gasteiger partial charge in [0.25, 0.3) is 0 Å². The number of amides is 1. The molecule has 1 aromatic heterocycles. The van der Waals surface area contributed by atoms with Crippen molar-refractivity contribution in [1.29, 1.82) is 0 Å². The second-order valence-corrected chi connectivity index (χ2v) is 8.05. The zero-order valence-electron chi connectivity index (χ0n) is 16.1. The van der Waals surface area contributed by atoms with Gasteiger partial charge in [-0.2, -0.15) is 0 Å². The van der Waals surface area contributed by atoms with Gasteiger partial charge in [0.05, 0.1) is 6.54 Å². The van der Waals surface area contributed by atoms with Crippen LogP contribution in [0.4, 0.5) is 0 Å². The molecule has 4 rings (SSSR count). The molecule has 0 N–H and O–H groups in total. The fraction of sp³-hybridized carbons (Fsp3) is 0.435. The first-order valence-electron chi connectivity index (χ1n) is 9.89. The van der Waals surface area contributed by atoms with Crippen molar-refractivity contribution < 1.29 is 9.21 Å². The average molecular weight is 364 g/mol. The van der Waals surface area contributed by atoms with Crippen LogP contribution in [0, 0.1) is 12.3 Å². The van der Waals surface area contributed by atoms with E-state index in [1.54, 1.807) is 0 Å². The lowest BCUT2D eigenvalue weighted by molar-refractivity contribution is -0.127. The van der Waals surface area contributed by atoms with Crippen molar-refractivity contribution in [1.82, 2.24) is 9.80 Å². The minimum atomic E-state index is 0.174. The topological polar surface area (TPSA) is 36.7 Å². The summed E-state index contributed by atoms with van der Waals surface area (Å²) in [5, 5.41) is 0. The SMILES string of the molecule is Cc1ccc(CN2CCC3(CC2)CC(=O)N(CC=Cc2ccccc2)C3)o1. The molecule has 0 radical (unpaired) electrons. The molecule has 2 aliphatic heterocycles. The van der Waals surface area contributed by atoms with Gasteiger partial charge in [-0.3, -0.25) is 9.69 Å². The highest BCUT2D eigenvalue weighted by Crippen LogP contribution is 2.41. The van der Waals surface area contributed by atoms with Crippen molar-refractivity contribution in [3.8, 4) is 0 Å². The van der Waals surface area contributed by atoms with Crippen LogP contribution in [-0.4, -0.2) is 41.9 Å². The summed E-state index contributed by atoms with van der Waals surface area (Å²) in [4.78, 5) is 17.0. The molecule has 4 heteroatoms. The predicted molar refractivity (Wildman–Crippen MR) is 107 cm³/mol. The van der Waals surface area contributed by atoms with E-state index in [9.17, 15) is 4.79 Å². The summed E-state index contributed by atoms with van der Waals surface area (Å²) in [7, 11) is 0. The smallest absolute Gasteiger partial charge is 0.223 e. The van der Waals surface area contributed by atoms with E-state index in [2.05, 4.69) is 35.3 Å². The molecule has 0 aliphatic carbocycles. The third kappa shape index (κ3) is 4.33. The number of likely N-dealkylation sites (tertiary alicyclic amines) is 2. The molecule has 2 aliphatic rings. The van der Waals surface area contributed by atoms with E-state index in [0.717, 1.165) is 50.5 Å². The Morgan fingerprint density at radius 2 is 1.89 bits per heavy atom. The van der Waals surface area contributed by atoms with Gasteiger partial charge < -0.3 is 9.32 Å². The number of aryl methyl sites for hydroxylation is 1. The van der Waals surface area contributed by atoms with E-state index in [1.165, 1.54) is 5.56 Å². The highest BCUT2D eigenvalue weighted by Gasteiger charge is 2.44. The van der Waals surface area contributed by atoms with Crippen LogP contribution in [0.1, 0.15) is 36.3 Å². The Labute approximate surface area is 161 Å². The first-order valence-corrected chi connectivity index (χ1v) is 9.89. The number of hydrogen-bond donors (Lipinski definition) is 0. The summed E-state index contributed by atoms with van der Waals surface area (Å²) in [5.74, 6) is 2.32.